The summed E-state index contributed by atoms with van der Waals surface area (Å²) < 4.78 is 5.44. The summed E-state index contributed by atoms with van der Waals surface area (Å²) in [6.07, 6.45) is 2.74. The third-order valence-corrected chi connectivity index (χ3v) is 5.42. The normalized spacial score (nSPS) is 18.1. The van der Waals surface area contributed by atoms with Gasteiger partial charge in [0.25, 0.3) is 11.7 Å². The highest BCUT2D eigenvalue weighted by Crippen LogP contribution is 2.40. The minimum Gasteiger partial charge on any atom is -0.507 e. The van der Waals surface area contributed by atoms with Gasteiger partial charge in [-0.15, -0.1) is 0 Å². The van der Waals surface area contributed by atoms with Crippen molar-refractivity contribution in [3.8, 4) is 5.75 Å². The molecule has 0 aliphatic carbocycles. The number of hydrogen-bond acceptors (Lipinski definition) is 4. The zero-order valence-electron chi connectivity index (χ0n) is 17.2. The molecule has 1 aliphatic heterocycles. The van der Waals surface area contributed by atoms with E-state index >= 15 is 0 Å². The molecule has 158 valence electrons. The van der Waals surface area contributed by atoms with Crippen LogP contribution in [-0.2, 0) is 9.59 Å². The van der Waals surface area contributed by atoms with Crippen LogP contribution in [0.1, 0.15) is 50.3 Å². The summed E-state index contributed by atoms with van der Waals surface area (Å²) in [5, 5.41) is 11.6. The molecule has 3 rings (SSSR count). The number of rotatable bonds is 8. The summed E-state index contributed by atoms with van der Waals surface area (Å²) in [6.45, 7) is 4.95. The van der Waals surface area contributed by atoms with Gasteiger partial charge in [0.05, 0.1) is 18.2 Å². The van der Waals surface area contributed by atoms with Crippen LogP contribution < -0.4 is 4.74 Å². The number of amides is 1. The van der Waals surface area contributed by atoms with Crippen LogP contribution in [0.5, 0.6) is 5.75 Å². The molecule has 0 saturated carbocycles. The van der Waals surface area contributed by atoms with Gasteiger partial charge in [-0.05, 0) is 55.3 Å². The maximum atomic E-state index is 12.9. The number of ketones is 1. The Morgan fingerprint density at radius 3 is 2.30 bits per heavy atom. The Bertz CT molecular complexity index is 935. The summed E-state index contributed by atoms with van der Waals surface area (Å²) in [6, 6.07) is 13.2. The van der Waals surface area contributed by atoms with Gasteiger partial charge in [0.2, 0.25) is 0 Å². The molecule has 2 aromatic rings. The number of halogens is 1. The molecule has 1 amide bonds. The predicted octanol–water partition coefficient (Wildman–Crippen LogP) is 5.35. The van der Waals surface area contributed by atoms with E-state index in [1.165, 1.54) is 0 Å². The number of Topliss-reactive ketones (excluding diaryl/α,β-unsaturated/α-hetero) is 1. The second-order valence-electron chi connectivity index (χ2n) is 7.21. The molecule has 0 radical (unpaired) electrons. The fourth-order valence-corrected chi connectivity index (χ4v) is 3.79. The van der Waals surface area contributed by atoms with Gasteiger partial charge in [-0.3, -0.25) is 9.59 Å². The third-order valence-electron chi connectivity index (χ3n) is 5.17. The van der Waals surface area contributed by atoms with Gasteiger partial charge in [0.15, 0.2) is 0 Å². The van der Waals surface area contributed by atoms with Crippen molar-refractivity contribution in [1.29, 1.82) is 0 Å². The monoisotopic (exact) mass is 427 g/mol. The van der Waals surface area contributed by atoms with E-state index in [0.717, 1.165) is 24.8 Å². The van der Waals surface area contributed by atoms with Gasteiger partial charge in [-0.2, -0.15) is 0 Å². The first-order valence-electron chi connectivity index (χ1n) is 10.2. The summed E-state index contributed by atoms with van der Waals surface area (Å²) >= 11 is 6.03. The summed E-state index contributed by atoms with van der Waals surface area (Å²) in [4.78, 5) is 27.3. The maximum Gasteiger partial charge on any atom is 0.295 e. The lowest BCUT2D eigenvalue weighted by Gasteiger charge is -2.25. The molecule has 1 aliphatic rings. The first-order chi connectivity index (χ1) is 14.5. The molecular formula is C24H26ClNO4. The van der Waals surface area contributed by atoms with Crippen molar-refractivity contribution in [2.24, 2.45) is 0 Å². The van der Waals surface area contributed by atoms with Crippen LogP contribution in [0.4, 0.5) is 0 Å². The van der Waals surface area contributed by atoms with Crippen LogP contribution in [0.25, 0.3) is 5.76 Å². The second-order valence-corrected chi connectivity index (χ2v) is 7.64. The Balaban J connectivity index is 2.06. The molecule has 30 heavy (non-hydrogen) atoms. The van der Waals surface area contributed by atoms with E-state index in [4.69, 9.17) is 16.3 Å². The molecule has 2 aromatic carbocycles. The molecule has 6 heteroatoms. The zero-order chi connectivity index (χ0) is 21.7. The van der Waals surface area contributed by atoms with E-state index in [9.17, 15) is 14.7 Å². The van der Waals surface area contributed by atoms with Crippen LogP contribution in [0, 0.1) is 0 Å². The number of ether oxygens (including phenoxy) is 1. The van der Waals surface area contributed by atoms with Gasteiger partial charge < -0.3 is 14.7 Å². The van der Waals surface area contributed by atoms with E-state index in [1.807, 2.05) is 6.92 Å². The van der Waals surface area contributed by atoms with Crippen LogP contribution in [0.2, 0.25) is 5.02 Å². The van der Waals surface area contributed by atoms with Crippen molar-refractivity contribution >= 4 is 29.1 Å². The minimum atomic E-state index is -0.669. The molecule has 1 atom stereocenters. The topological polar surface area (TPSA) is 66.8 Å². The van der Waals surface area contributed by atoms with E-state index in [0.29, 0.717) is 29.5 Å². The Kier molecular flexibility index (Phi) is 7.16. The molecule has 5 nitrogen and oxygen atoms in total. The lowest BCUT2D eigenvalue weighted by molar-refractivity contribution is -0.139. The first kappa shape index (κ1) is 21.9. The molecule has 1 saturated heterocycles. The van der Waals surface area contributed by atoms with Gasteiger partial charge in [0.1, 0.15) is 11.5 Å². The van der Waals surface area contributed by atoms with Gasteiger partial charge >= 0.3 is 0 Å². The standard InChI is InChI=1S/C24H26ClNO4/c1-3-5-6-15-26-21(16-7-11-18(25)12-8-16)20(23(28)24(26)29)22(27)17-9-13-19(14-10-17)30-4-2/h7-14,21,27H,3-6,15H2,1-2H3/b22-20-. The van der Waals surface area contributed by atoms with Gasteiger partial charge in [-0.25, -0.2) is 0 Å². The number of carbonyl (C=O) groups is 2. The zero-order valence-corrected chi connectivity index (χ0v) is 18.0. The predicted molar refractivity (Wildman–Crippen MR) is 118 cm³/mol. The van der Waals surface area contributed by atoms with Crippen molar-refractivity contribution in [2.45, 2.75) is 39.2 Å². The maximum absolute atomic E-state index is 12.9. The summed E-state index contributed by atoms with van der Waals surface area (Å²) in [5.74, 6) is -0.769. The van der Waals surface area contributed by atoms with Crippen LogP contribution >= 0.6 is 11.6 Å². The lowest BCUT2D eigenvalue weighted by Crippen LogP contribution is -2.30. The lowest BCUT2D eigenvalue weighted by atomic mass is 9.95. The second kappa shape index (κ2) is 9.81. The molecule has 1 heterocycles. The van der Waals surface area contributed by atoms with Crippen molar-refractivity contribution < 1.29 is 19.4 Å². The molecule has 1 N–H and O–H groups in total. The Labute approximate surface area is 181 Å². The molecule has 0 spiro atoms. The number of aliphatic hydroxyl groups is 1. The highest BCUT2D eigenvalue weighted by molar-refractivity contribution is 6.46. The van der Waals surface area contributed by atoms with Crippen LogP contribution in [0.3, 0.4) is 0 Å². The van der Waals surface area contributed by atoms with Crippen molar-refractivity contribution in [3.05, 3.63) is 70.3 Å². The number of nitrogens with zero attached hydrogens (tertiary/aromatic N) is 1. The number of unbranched alkanes of at least 4 members (excludes halogenated alkanes) is 2. The smallest absolute Gasteiger partial charge is 0.295 e. The SMILES string of the molecule is CCCCCN1C(=O)C(=O)/C(=C(\O)c2ccc(OCC)cc2)C1c1ccc(Cl)cc1. The number of hydrogen-bond donors (Lipinski definition) is 1. The average molecular weight is 428 g/mol. The Morgan fingerprint density at radius 1 is 1.03 bits per heavy atom. The Hall–Kier alpha value is -2.79. The quantitative estimate of drug-likeness (QED) is 0.267. The number of benzene rings is 2. The molecular weight excluding hydrogens is 402 g/mol. The first-order valence-corrected chi connectivity index (χ1v) is 10.6. The van der Waals surface area contributed by atoms with Gasteiger partial charge in [-0.1, -0.05) is 43.5 Å². The number of aliphatic hydroxyl groups excluding tert-OH is 1. The van der Waals surface area contributed by atoms with E-state index in [-0.39, 0.29) is 11.3 Å². The van der Waals surface area contributed by atoms with Crippen molar-refractivity contribution in [1.82, 2.24) is 4.90 Å². The van der Waals surface area contributed by atoms with Crippen LogP contribution in [-0.4, -0.2) is 34.8 Å². The average Bonchev–Trinajstić information content (AvgIpc) is 3.00. The fraction of sp³-hybridized carbons (Fsp3) is 0.333. The number of likely N-dealkylation sites (tertiary alicyclic amines) is 1. The minimum absolute atomic E-state index is 0.1000. The van der Waals surface area contributed by atoms with Crippen molar-refractivity contribution in [2.75, 3.05) is 13.2 Å². The highest BCUT2D eigenvalue weighted by atomic mass is 35.5. The van der Waals surface area contributed by atoms with Gasteiger partial charge in [0, 0.05) is 17.1 Å². The molecule has 0 bridgehead atoms. The van der Waals surface area contributed by atoms with Crippen LogP contribution in [0.15, 0.2) is 54.1 Å². The largest absolute Gasteiger partial charge is 0.507 e. The molecule has 1 fully saturated rings. The summed E-state index contributed by atoms with van der Waals surface area (Å²) in [7, 11) is 0. The molecule has 1 unspecified atom stereocenters. The fourth-order valence-electron chi connectivity index (χ4n) is 3.67. The van der Waals surface area contributed by atoms with E-state index < -0.39 is 17.7 Å². The molecule has 0 aromatic heterocycles. The number of carbonyl (C=O) groups excluding carboxylic acids is 2. The van der Waals surface area contributed by atoms with E-state index in [2.05, 4.69) is 6.92 Å². The van der Waals surface area contributed by atoms with E-state index in [1.54, 1.807) is 53.4 Å². The Morgan fingerprint density at radius 2 is 1.70 bits per heavy atom. The van der Waals surface area contributed by atoms with Crippen molar-refractivity contribution in [3.63, 3.8) is 0 Å². The third kappa shape index (κ3) is 4.51. The highest BCUT2D eigenvalue weighted by Gasteiger charge is 2.45. The summed E-state index contributed by atoms with van der Waals surface area (Å²) in [5.41, 5.74) is 1.30.